The number of aliphatic hydroxyl groups is 1. The monoisotopic (exact) mass is 505 g/mol. The first kappa shape index (κ1) is 23.4. The van der Waals surface area contributed by atoms with E-state index in [1.54, 1.807) is 12.3 Å². The number of morpholine rings is 1. The molecular weight excluding hydrogens is 479 g/mol. The van der Waals surface area contributed by atoms with E-state index >= 15 is 0 Å². The van der Waals surface area contributed by atoms with Crippen LogP contribution >= 0.6 is 0 Å². The van der Waals surface area contributed by atoms with Gasteiger partial charge < -0.3 is 24.8 Å². The Bertz CT molecular complexity index is 1240. The molecule has 3 aliphatic heterocycles. The molecule has 2 atom stereocenters. The van der Waals surface area contributed by atoms with E-state index in [4.69, 9.17) is 14.5 Å². The lowest BCUT2D eigenvalue weighted by Crippen LogP contribution is -2.61. The van der Waals surface area contributed by atoms with Crippen molar-refractivity contribution in [2.45, 2.75) is 24.4 Å². The smallest absolute Gasteiger partial charge is 0.388 e. The van der Waals surface area contributed by atoms with Crippen LogP contribution in [0, 0.1) is 0 Å². The number of nitrogens with zero attached hydrogens (tertiary/aromatic N) is 6. The number of aliphatic hydroxyl groups excluding tert-OH is 1. The fraction of sp³-hybridized carbons (Fsp3) is 0.522. The summed E-state index contributed by atoms with van der Waals surface area (Å²) in [5, 5.41) is 18.3. The molecule has 0 aliphatic carbocycles. The lowest BCUT2D eigenvalue weighted by molar-refractivity contribution is -0.137. The minimum absolute atomic E-state index is 0.211. The van der Waals surface area contributed by atoms with Crippen molar-refractivity contribution in [2.24, 2.45) is 0 Å². The lowest BCUT2D eigenvalue weighted by atomic mass is 10.1. The van der Waals surface area contributed by atoms with Crippen LogP contribution in [0.4, 0.5) is 24.9 Å². The highest BCUT2D eigenvalue weighted by Crippen LogP contribution is 2.34. The van der Waals surface area contributed by atoms with Crippen molar-refractivity contribution in [3.63, 3.8) is 0 Å². The van der Waals surface area contributed by atoms with Gasteiger partial charge in [-0.05, 0) is 18.2 Å². The van der Waals surface area contributed by atoms with Gasteiger partial charge in [-0.3, -0.25) is 4.90 Å². The maximum absolute atomic E-state index is 13.3. The summed E-state index contributed by atoms with van der Waals surface area (Å²) in [5.41, 5.74) is -0.141. The van der Waals surface area contributed by atoms with Crippen LogP contribution in [0.25, 0.3) is 16.7 Å². The van der Waals surface area contributed by atoms with Gasteiger partial charge in [-0.25, -0.2) is 4.68 Å². The van der Waals surface area contributed by atoms with Crippen LogP contribution in [0.3, 0.4) is 0 Å². The van der Waals surface area contributed by atoms with E-state index in [0.29, 0.717) is 29.5 Å². The van der Waals surface area contributed by atoms with Gasteiger partial charge in [0.05, 0.1) is 61.4 Å². The lowest BCUT2D eigenvalue weighted by Gasteiger charge is -2.47. The average molecular weight is 506 g/mol. The van der Waals surface area contributed by atoms with Gasteiger partial charge in [0.1, 0.15) is 5.82 Å². The Labute approximate surface area is 204 Å². The Hall–Kier alpha value is -3.00. The number of alkyl halides is 3. The number of benzene rings is 1. The predicted octanol–water partition coefficient (Wildman–Crippen LogP) is 1.53. The zero-order valence-corrected chi connectivity index (χ0v) is 19.4. The fourth-order valence-corrected chi connectivity index (χ4v) is 4.85. The van der Waals surface area contributed by atoms with Crippen LogP contribution in [-0.2, 0) is 15.7 Å². The molecule has 3 saturated heterocycles. The molecule has 3 aliphatic rings. The van der Waals surface area contributed by atoms with E-state index in [2.05, 4.69) is 25.2 Å². The van der Waals surface area contributed by atoms with E-state index in [9.17, 15) is 18.3 Å². The minimum Gasteiger partial charge on any atom is -0.388 e. The molecule has 3 fully saturated rings. The molecule has 192 valence electrons. The summed E-state index contributed by atoms with van der Waals surface area (Å²) < 4.78 is 52.2. The Balaban J connectivity index is 1.36. The molecule has 0 amide bonds. The van der Waals surface area contributed by atoms with Crippen LogP contribution in [0.15, 0.2) is 30.5 Å². The fourth-order valence-electron chi connectivity index (χ4n) is 4.85. The molecule has 36 heavy (non-hydrogen) atoms. The zero-order chi connectivity index (χ0) is 24.9. The summed E-state index contributed by atoms with van der Waals surface area (Å²) in [4.78, 5) is 13.8. The molecule has 0 bridgehead atoms. The molecule has 0 unspecified atom stereocenters. The maximum Gasteiger partial charge on any atom is 0.416 e. The third kappa shape index (κ3) is 4.36. The summed E-state index contributed by atoms with van der Waals surface area (Å²) in [6.45, 7) is 5.24. The number of hydrogen-bond acceptors (Lipinski definition) is 9. The minimum atomic E-state index is -4.48. The van der Waals surface area contributed by atoms with E-state index < -0.39 is 23.9 Å². The molecule has 3 aromatic rings. The summed E-state index contributed by atoms with van der Waals surface area (Å²) in [7, 11) is 0. The van der Waals surface area contributed by atoms with E-state index in [0.717, 1.165) is 51.5 Å². The largest absolute Gasteiger partial charge is 0.416 e. The number of fused-ring (bicyclic) bond motifs is 1. The van der Waals surface area contributed by atoms with Crippen molar-refractivity contribution in [1.82, 2.24) is 24.6 Å². The van der Waals surface area contributed by atoms with Gasteiger partial charge in [0.25, 0.3) is 0 Å². The molecule has 0 spiro atoms. The maximum atomic E-state index is 13.3. The van der Waals surface area contributed by atoms with Gasteiger partial charge in [-0.1, -0.05) is 6.07 Å². The first-order valence-electron chi connectivity index (χ1n) is 11.9. The molecule has 10 nitrogen and oxygen atoms in total. The molecule has 0 radical (unpaired) electrons. The topological polar surface area (TPSA) is 101 Å². The van der Waals surface area contributed by atoms with Crippen LogP contribution < -0.4 is 10.2 Å². The van der Waals surface area contributed by atoms with Crippen LogP contribution in [0.2, 0.25) is 0 Å². The molecule has 0 saturated carbocycles. The number of halogens is 3. The molecule has 6 rings (SSSR count). The van der Waals surface area contributed by atoms with E-state index in [1.165, 1.54) is 10.7 Å². The van der Waals surface area contributed by atoms with Gasteiger partial charge in [0.15, 0.2) is 5.65 Å². The van der Waals surface area contributed by atoms with Crippen molar-refractivity contribution >= 4 is 22.8 Å². The van der Waals surface area contributed by atoms with Gasteiger partial charge in [0, 0.05) is 32.2 Å². The average Bonchev–Trinajstić information content (AvgIpc) is 3.44. The van der Waals surface area contributed by atoms with Crippen molar-refractivity contribution < 1.29 is 27.8 Å². The Morgan fingerprint density at radius 1 is 1.06 bits per heavy atom. The van der Waals surface area contributed by atoms with Crippen LogP contribution in [0.1, 0.15) is 5.56 Å². The molecule has 2 N–H and O–H groups in total. The number of anilines is 2. The van der Waals surface area contributed by atoms with Gasteiger partial charge >= 0.3 is 6.18 Å². The first-order valence-corrected chi connectivity index (χ1v) is 11.9. The van der Waals surface area contributed by atoms with Gasteiger partial charge in [0.2, 0.25) is 5.95 Å². The standard InChI is InChI=1S/C23H26F3N7O3/c24-23(25,26)14-2-1-3-15(8-14)33-21-17(9-27-33)20(29-22(30-21)28-18-12-36-13-19(18)34)32-10-16(11-32)31-4-6-35-7-5-31/h1-3,8-9,16,18-19,34H,4-7,10-13H2,(H,28,29,30)/t18-,19+/m1/s1. The third-order valence-electron chi connectivity index (χ3n) is 6.92. The number of ether oxygens (including phenoxy) is 2. The Morgan fingerprint density at radius 3 is 2.58 bits per heavy atom. The number of rotatable bonds is 5. The third-order valence-corrected chi connectivity index (χ3v) is 6.92. The number of aromatic nitrogens is 4. The SMILES string of the molecule is O[C@H]1COC[C@H]1Nc1nc(N2CC(N3CCOCC3)C2)c2cnn(-c3cccc(C(F)(F)F)c3)c2n1. The van der Waals surface area contributed by atoms with Crippen molar-refractivity contribution in [1.29, 1.82) is 0 Å². The summed E-state index contributed by atoms with van der Waals surface area (Å²) >= 11 is 0. The van der Waals surface area contributed by atoms with Crippen molar-refractivity contribution in [3.05, 3.63) is 36.0 Å². The molecule has 1 aromatic carbocycles. The van der Waals surface area contributed by atoms with Crippen LogP contribution in [0.5, 0.6) is 0 Å². The second-order valence-corrected chi connectivity index (χ2v) is 9.28. The van der Waals surface area contributed by atoms with Crippen molar-refractivity contribution in [3.8, 4) is 5.69 Å². The highest BCUT2D eigenvalue weighted by atomic mass is 19.4. The second-order valence-electron chi connectivity index (χ2n) is 9.28. The Morgan fingerprint density at radius 2 is 1.86 bits per heavy atom. The Kier molecular flexibility index (Phi) is 5.94. The van der Waals surface area contributed by atoms with Crippen molar-refractivity contribution in [2.75, 3.05) is 62.8 Å². The summed E-state index contributed by atoms with van der Waals surface area (Å²) in [6.07, 6.45) is -3.60. The number of nitrogens with one attached hydrogen (secondary N) is 1. The summed E-state index contributed by atoms with van der Waals surface area (Å²) in [5.74, 6) is 0.911. The second kappa shape index (κ2) is 9.14. The molecule has 5 heterocycles. The molecule has 2 aromatic heterocycles. The zero-order valence-electron chi connectivity index (χ0n) is 19.4. The normalized spacial score (nSPS) is 23.8. The molecular formula is C23H26F3N7O3. The molecule has 13 heteroatoms. The number of hydrogen-bond donors (Lipinski definition) is 2. The van der Waals surface area contributed by atoms with Crippen LogP contribution in [-0.4, -0.2) is 101 Å². The highest BCUT2D eigenvalue weighted by Gasteiger charge is 2.36. The quantitative estimate of drug-likeness (QED) is 0.535. The van der Waals surface area contributed by atoms with E-state index in [1.807, 2.05) is 0 Å². The summed E-state index contributed by atoms with van der Waals surface area (Å²) in [6, 6.07) is 4.96. The first-order chi connectivity index (χ1) is 17.4. The van der Waals surface area contributed by atoms with Gasteiger partial charge in [-0.2, -0.15) is 28.2 Å². The highest BCUT2D eigenvalue weighted by molar-refractivity contribution is 5.89. The predicted molar refractivity (Wildman–Crippen MR) is 124 cm³/mol. The van der Waals surface area contributed by atoms with Gasteiger partial charge in [-0.15, -0.1) is 0 Å². The van der Waals surface area contributed by atoms with E-state index in [-0.39, 0.29) is 18.2 Å².